The lowest BCUT2D eigenvalue weighted by atomic mass is 10.0. The zero-order valence-corrected chi connectivity index (χ0v) is 15.5. The van der Waals surface area contributed by atoms with Gasteiger partial charge in [0, 0.05) is 22.7 Å². The normalized spacial score (nSPS) is 16.5. The van der Waals surface area contributed by atoms with Crippen LogP contribution in [0.1, 0.15) is 42.4 Å². The van der Waals surface area contributed by atoms with Crippen LogP contribution in [0.15, 0.2) is 42.5 Å². The van der Waals surface area contributed by atoms with Gasteiger partial charge >= 0.3 is 6.18 Å². The maximum Gasteiger partial charge on any atom is 0.416 e. The maximum atomic E-state index is 12.7. The van der Waals surface area contributed by atoms with Gasteiger partial charge in [0.25, 0.3) is 0 Å². The molecule has 2 aromatic carbocycles. The van der Waals surface area contributed by atoms with Gasteiger partial charge in [0.1, 0.15) is 5.60 Å². The summed E-state index contributed by atoms with van der Waals surface area (Å²) in [6.45, 7) is 0. The van der Waals surface area contributed by atoms with Crippen LogP contribution in [0.4, 0.5) is 18.9 Å². The van der Waals surface area contributed by atoms with E-state index < -0.39 is 17.3 Å². The first-order valence-corrected chi connectivity index (χ1v) is 9.08. The average molecular weight is 408 g/mol. The van der Waals surface area contributed by atoms with E-state index >= 15 is 0 Å². The quantitative estimate of drug-likeness (QED) is 0.242. The van der Waals surface area contributed by atoms with Gasteiger partial charge in [-0.25, -0.2) is 0 Å². The summed E-state index contributed by atoms with van der Waals surface area (Å²) in [7, 11) is 0. The van der Waals surface area contributed by atoms with Crippen molar-refractivity contribution in [2.45, 2.75) is 37.5 Å². The first kappa shape index (κ1) is 20.2. The van der Waals surface area contributed by atoms with Crippen molar-refractivity contribution in [1.82, 2.24) is 0 Å². The first-order chi connectivity index (χ1) is 13.2. The monoisotopic (exact) mass is 407 g/mol. The Morgan fingerprint density at radius 2 is 1.75 bits per heavy atom. The fourth-order valence-corrected chi connectivity index (χ4v) is 3.19. The Morgan fingerprint density at radius 1 is 1.11 bits per heavy atom. The molecule has 1 fully saturated rings. The molecule has 0 aliphatic heterocycles. The van der Waals surface area contributed by atoms with Crippen molar-refractivity contribution in [3.63, 3.8) is 0 Å². The van der Waals surface area contributed by atoms with E-state index in [2.05, 4.69) is 11.8 Å². The molecule has 0 spiro atoms. The maximum absolute atomic E-state index is 12.7. The average Bonchev–Trinajstić information content (AvgIpc) is 3.08. The standard InChI is InChI=1S/C21H17ClF3NO2/c22-18-6-3-16(15(13-18)9-12-20(27)10-1-2-11-20)14-26(28)19-7-4-17(5-8-19)21(23,24)25/h3-8,13-14,27H,1-2,10-11H2/b26-14-. The van der Waals surface area contributed by atoms with Gasteiger partial charge in [0.05, 0.1) is 11.1 Å². The summed E-state index contributed by atoms with van der Waals surface area (Å²) in [4.78, 5) is 0. The Labute approximate surface area is 165 Å². The second-order valence-corrected chi connectivity index (χ2v) is 7.16. The molecule has 0 atom stereocenters. The second-order valence-electron chi connectivity index (χ2n) is 6.72. The molecule has 1 saturated carbocycles. The minimum Gasteiger partial charge on any atom is -0.618 e. The highest BCUT2D eigenvalue weighted by Gasteiger charge is 2.30. The van der Waals surface area contributed by atoms with Gasteiger partial charge in [-0.1, -0.05) is 23.4 Å². The predicted molar refractivity (Wildman–Crippen MR) is 102 cm³/mol. The number of halogens is 4. The van der Waals surface area contributed by atoms with Crippen LogP contribution in [0.2, 0.25) is 5.02 Å². The molecule has 2 aromatic rings. The molecule has 0 aromatic heterocycles. The molecule has 0 amide bonds. The highest BCUT2D eigenvalue weighted by Crippen LogP contribution is 2.30. The lowest BCUT2D eigenvalue weighted by Gasteiger charge is -2.13. The molecule has 0 saturated heterocycles. The minimum atomic E-state index is -4.46. The molecule has 7 heteroatoms. The Bertz CT molecular complexity index is 950. The Hall–Kier alpha value is -2.49. The molecule has 1 aliphatic rings. The number of nitrogens with zero attached hydrogens (tertiary/aromatic N) is 1. The molecular formula is C21H17ClF3NO2. The van der Waals surface area contributed by atoms with E-state index in [1.807, 2.05) is 0 Å². The third kappa shape index (κ3) is 4.86. The van der Waals surface area contributed by atoms with Gasteiger partial charge in [-0.05, 0) is 56.0 Å². The van der Waals surface area contributed by atoms with E-state index in [0.717, 1.165) is 37.1 Å². The molecule has 3 nitrogen and oxygen atoms in total. The Morgan fingerprint density at radius 3 is 2.36 bits per heavy atom. The van der Waals surface area contributed by atoms with Crippen molar-refractivity contribution in [2.75, 3.05) is 0 Å². The second kappa shape index (κ2) is 7.86. The van der Waals surface area contributed by atoms with E-state index in [1.54, 1.807) is 18.2 Å². The summed E-state index contributed by atoms with van der Waals surface area (Å²) < 4.78 is 38.4. The number of benzene rings is 2. The summed E-state index contributed by atoms with van der Waals surface area (Å²) >= 11 is 6.02. The van der Waals surface area contributed by atoms with Crippen LogP contribution in [-0.2, 0) is 6.18 Å². The van der Waals surface area contributed by atoms with Crippen LogP contribution in [0.3, 0.4) is 0 Å². The van der Waals surface area contributed by atoms with Gasteiger partial charge in [0.2, 0.25) is 5.69 Å². The van der Waals surface area contributed by atoms with Crippen molar-refractivity contribution in [3.05, 3.63) is 69.4 Å². The molecular weight excluding hydrogens is 391 g/mol. The largest absolute Gasteiger partial charge is 0.618 e. The molecule has 1 N–H and O–H groups in total. The highest BCUT2D eigenvalue weighted by atomic mass is 35.5. The van der Waals surface area contributed by atoms with Crippen molar-refractivity contribution in [1.29, 1.82) is 0 Å². The van der Waals surface area contributed by atoms with Crippen LogP contribution in [-0.4, -0.2) is 21.7 Å². The van der Waals surface area contributed by atoms with Crippen LogP contribution in [0, 0.1) is 17.0 Å². The third-order valence-electron chi connectivity index (χ3n) is 4.58. The van der Waals surface area contributed by atoms with E-state index in [9.17, 15) is 23.5 Å². The van der Waals surface area contributed by atoms with Crippen LogP contribution in [0.5, 0.6) is 0 Å². The van der Waals surface area contributed by atoms with Crippen molar-refractivity contribution >= 4 is 23.5 Å². The number of hydrogen-bond acceptors (Lipinski definition) is 2. The molecule has 1 aliphatic carbocycles. The SMILES string of the molecule is [O-]/[N+](=C\c1ccc(Cl)cc1C#CC1(O)CCCC1)c1ccc(C(F)(F)F)cc1. The number of alkyl halides is 3. The molecule has 0 heterocycles. The molecule has 0 radical (unpaired) electrons. The van der Waals surface area contributed by atoms with Gasteiger partial charge in [-0.15, -0.1) is 0 Å². The summed E-state index contributed by atoms with van der Waals surface area (Å²) in [5, 5.41) is 23.2. The van der Waals surface area contributed by atoms with Crippen molar-refractivity contribution in [3.8, 4) is 11.8 Å². The Kier molecular flexibility index (Phi) is 5.69. The predicted octanol–water partition coefficient (Wildman–Crippen LogP) is 5.28. The lowest BCUT2D eigenvalue weighted by Crippen LogP contribution is -2.20. The number of hydrogen-bond donors (Lipinski definition) is 1. The van der Waals surface area contributed by atoms with Gasteiger partial charge in [-0.2, -0.15) is 17.9 Å². The van der Waals surface area contributed by atoms with Gasteiger partial charge < -0.3 is 10.3 Å². The first-order valence-electron chi connectivity index (χ1n) is 8.70. The molecule has 0 unspecified atom stereocenters. The van der Waals surface area contributed by atoms with Crippen LogP contribution >= 0.6 is 11.6 Å². The zero-order valence-electron chi connectivity index (χ0n) is 14.8. The van der Waals surface area contributed by atoms with E-state index in [1.165, 1.54) is 6.21 Å². The summed E-state index contributed by atoms with van der Waals surface area (Å²) in [5.74, 6) is 5.75. The number of rotatable bonds is 2. The molecule has 3 rings (SSSR count). The molecule has 146 valence electrons. The number of aliphatic hydroxyl groups is 1. The van der Waals surface area contributed by atoms with Gasteiger partial charge in [-0.3, -0.25) is 0 Å². The fraction of sp³-hybridized carbons (Fsp3) is 0.286. The summed E-state index contributed by atoms with van der Waals surface area (Å²) in [6, 6.07) is 8.69. The van der Waals surface area contributed by atoms with Crippen molar-refractivity contribution < 1.29 is 23.0 Å². The smallest absolute Gasteiger partial charge is 0.416 e. The van der Waals surface area contributed by atoms with Gasteiger partial charge in [0.15, 0.2) is 6.21 Å². The summed E-state index contributed by atoms with van der Waals surface area (Å²) in [5.41, 5.74) is -0.901. The van der Waals surface area contributed by atoms with Crippen molar-refractivity contribution in [2.24, 2.45) is 0 Å². The summed E-state index contributed by atoms with van der Waals surface area (Å²) in [6.07, 6.45) is -0.237. The lowest BCUT2D eigenvalue weighted by molar-refractivity contribution is -0.354. The van der Waals surface area contributed by atoms with E-state index in [0.29, 0.717) is 33.7 Å². The molecule has 28 heavy (non-hydrogen) atoms. The van der Waals surface area contributed by atoms with Crippen LogP contribution in [0.25, 0.3) is 0 Å². The van der Waals surface area contributed by atoms with Crippen LogP contribution < -0.4 is 0 Å². The van der Waals surface area contributed by atoms with E-state index in [-0.39, 0.29) is 5.69 Å². The topological polar surface area (TPSA) is 46.3 Å². The highest BCUT2D eigenvalue weighted by molar-refractivity contribution is 6.30. The van der Waals surface area contributed by atoms with E-state index in [4.69, 9.17) is 11.6 Å². The third-order valence-corrected chi connectivity index (χ3v) is 4.82. The zero-order chi connectivity index (χ0) is 20.4. The minimum absolute atomic E-state index is 0.0521. The Balaban J connectivity index is 1.92. The fourth-order valence-electron chi connectivity index (χ4n) is 3.02. The molecule has 0 bridgehead atoms.